The Kier molecular flexibility index (Phi) is 3.65. The van der Waals surface area contributed by atoms with E-state index in [4.69, 9.17) is 4.74 Å². The monoisotopic (exact) mass is 213 g/mol. The molecule has 2 fully saturated rings. The van der Waals surface area contributed by atoms with Gasteiger partial charge < -0.3 is 15.2 Å². The number of hydrogen-bond donors (Lipinski definition) is 2. The second kappa shape index (κ2) is 4.81. The number of nitrogens with one attached hydrogen (secondary N) is 1. The molecule has 0 radical (unpaired) electrons. The molecule has 0 aromatic rings. The molecule has 0 amide bonds. The van der Waals surface area contributed by atoms with E-state index < -0.39 is 0 Å². The van der Waals surface area contributed by atoms with Gasteiger partial charge in [-0.3, -0.25) is 0 Å². The maximum absolute atomic E-state index is 9.56. The third-order valence-corrected chi connectivity index (χ3v) is 3.58. The highest BCUT2D eigenvalue weighted by molar-refractivity contribution is 5.00. The second-order valence-corrected chi connectivity index (χ2v) is 5.08. The normalized spacial score (nSPS) is 25.2. The largest absolute Gasteiger partial charge is 0.394 e. The fraction of sp³-hybridized carbons (Fsp3) is 1.00. The van der Waals surface area contributed by atoms with Gasteiger partial charge in [0.15, 0.2) is 0 Å². The molecule has 0 saturated heterocycles. The van der Waals surface area contributed by atoms with Gasteiger partial charge in [-0.15, -0.1) is 0 Å². The predicted octanol–water partition coefficient (Wildman–Crippen LogP) is 1.16. The van der Waals surface area contributed by atoms with Crippen LogP contribution in [0.1, 0.15) is 32.6 Å². The Morgan fingerprint density at radius 1 is 1.33 bits per heavy atom. The third kappa shape index (κ3) is 2.92. The van der Waals surface area contributed by atoms with E-state index in [1.807, 2.05) is 0 Å². The molecule has 3 heteroatoms. The molecule has 1 atom stereocenters. The van der Waals surface area contributed by atoms with E-state index >= 15 is 0 Å². The average molecular weight is 213 g/mol. The summed E-state index contributed by atoms with van der Waals surface area (Å²) in [5.74, 6) is 1.43. The van der Waals surface area contributed by atoms with Gasteiger partial charge in [-0.05, 0) is 44.1 Å². The highest BCUT2D eigenvalue weighted by Crippen LogP contribution is 2.40. The average Bonchev–Trinajstić information content (AvgIpc) is 3.07. The molecule has 0 spiro atoms. The SMILES string of the molecule is CCNC(CO)(COCC1CC1)C1CC1. The van der Waals surface area contributed by atoms with Gasteiger partial charge in [0, 0.05) is 6.61 Å². The topological polar surface area (TPSA) is 41.5 Å². The Bertz CT molecular complexity index is 202. The van der Waals surface area contributed by atoms with Gasteiger partial charge in [0.1, 0.15) is 0 Å². The van der Waals surface area contributed by atoms with Crippen molar-refractivity contribution in [1.82, 2.24) is 5.32 Å². The van der Waals surface area contributed by atoms with Crippen molar-refractivity contribution >= 4 is 0 Å². The van der Waals surface area contributed by atoms with Gasteiger partial charge in [0.2, 0.25) is 0 Å². The summed E-state index contributed by atoms with van der Waals surface area (Å²) in [5, 5.41) is 13.0. The van der Waals surface area contributed by atoms with E-state index in [0.717, 1.165) is 19.1 Å². The first-order valence-electron chi connectivity index (χ1n) is 6.24. The van der Waals surface area contributed by atoms with Crippen molar-refractivity contribution < 1.29 is 9.84 Å². The highest BCUT2D eigenvalue weighted by atomic mass is 16.5. The first-order chi connectivity index (χ1) is 7.30. The van der Waals surface area contributed by atoms with Crippen LogP contribution in [0, 0.1) is 11.8 Å². The molecule has 0 bridgehead atoms. The third-order valence-electron chi connectivity index (χ3n) is 3.58. The van der Waals surface area contributed by atoms with Gasteiger partial charge in [-0.25, -0.2) is 0 Å². The lowest BCUT2D eigenvalue weighted by atomic mass is 9.95. The number of ether oxygens (including phenoxy) is 1. The minimum Gasteiger partial charge on any atom is -0.394 e. The molecular formula is C12H23NO2. The van der Waals surface area contributed by atoms with Crippen molar-refractivity contribution in [3.63, 3.8) is 0 Å². The fourth-order valence-electron chi connectivity index (χ4n) is 2.22. The van der Waals surface area contributed by atoms with Crippen molar-refractivity contribution in [3.05, 3.63) is 0 Å². The summed E-state index contributed by atoms with van der Waals surface area (Å²) >= 11 is 0. The van der Waals surface area contributed by atoms with Gasteiger partial charge in [0.05, 0.1) is 18.8 Å². The lowest BCUT2D eigenvalue weighted by Crippen LogP contribution is -2.54. The van der Waals surface area contributed by atoms with Crippen LogP contribution in [0.3, 0.4) is 0 Å². The number of rotatable bonds is 8. The smallest absolute Gasteiger partial charge is 0.0679 e. The van der Waals surface area contributed by atoms with E-state index in [0.29, 0.717) is 12.5 Å². The van der Waals surface area contributed by atoms with Gasteiger partial charge in [-0.1, -0.05) is 6.92 Å². The van der Waals surface area contributed by atoms with Crippen molar-refractivity contribution in [3.8, 4) is 0 Å². The fourth-order valence-corrected chi connectivity index (χ4v) is 2.22. The summed E-state index contributed by atoms with van der Waals surface area (Å²) in [6.07, 6.45) is 5.13. The Balaban J connectivity index is 1.78. The Morgan fingerprint density at radius 3 is 2.53 bits per heavy atom. The van der Waals surface area contributed by atoms with Crippen molar-refractivity contribution in [1.29, 1.82) is 0 Å². The summed E-state index contributed by atoms with van der Waals surface area (Å²) in [4.78, 5) is 0. The van der Waals surface area contributed by atoms with E-state index in [1.165, 1.54) is 25.7 Å². The van der Waals surface area contributed by atoms with E-state index in [2.05, 4.69) is 12.2 Å². The van der Waals surface area contributed by atoms with Gasteiger partial charge >= 0.3 is 0 Å². The zero-order valence-corrected chi connectivity index (χ0v) is 9.67. The molecule has 88 valence electrons. The quantitative estimate of drug-likeness (QED) is 0.636. The second-order valence-electron chi connectivity index (χ2n) is 5.08. The maximum atomic E-state index is 9.56. The zero-order chi connectivity index (χ0) is 10.7. The summed E-state index contributed by atoms with van der Waals surface area (Å²) < 4.78 is 5.75. The van der Waals surface area contributed by atoms with E-state index in [9.17, 15) is 5.11 Å². The molecule has 0 aliphatic heterocycles. The molecule has 0 heterocycles. The minimum absolute atomic E-state index is 0.149. The molecule has 2 saturated carbocycles. The van der Waals surface area contributed by atoms with Crippen LogP contribution < -0.4 is 5.32 Å². The van der Waals surface area contributed by atoms with Crippen LogP contribution in [0.15, 0.2) is 0 Å². The lowest BCUT2D eigenvalue weighted by molar-refractivity contribution is 0.0205. The maximum Gasteiger partial charge on any atom is 0.0679 e. The van der Waals surface area contributed by atoms with Crippen LogP contribution in [-0.2, 0) is 4.74 Å². The van der Waals surface area contributed by atoms with Gasteiger partial charge in [0.25, 0.3) is 0 Å². The highest BCUT2D eigenvalue weighted by Gasteiger charge is 2.44. The standard InChI is InChI=1S/C12H23NO2/c1-2-13-12(8-14,11-5-6-11)9-15-7-10-3-4-10/h10-11,13-14H,2-9H2,1H3. The van der Waals surface area contributed by atoms with Crippen LogP contribution in [0.2, 0.25) is 0 Å². The van der Waals surface area contributed by atoms with Crippen molar-refractivity contribution in [2.45, 2.75) is 38.1 Å². The number of aliphatic hydroxyl groups excluding tert-OH is 1. The van der Waals surface area contributed by atoms with Crippen LogP contribution in [0.25, 0.3) is 0 Å². The Hall–Kier alpha value is -0.120. The molecule has 2 rings (SSSR count). The Labute approximate surface area is 92.2 Å². The zero-order valence-electron chi connectivity index (χ0n) is 9.67. The van der Waals surface area contributed by atoms with Crippen LogP contribution in [0.5, 0.6) is 0 Å². The minimum atomic E-state index is -0.149. The molecule has 2 aliphatic rings. The summed E-state index contributed by atoms with van der Waals surface area (Å²) in [5.41, 5.74) is -0.149. The molecule has 0 aromatic heterocycles. The first kappa shape index (κ1) is 11.4. The molecule has 2 aliphatic carbocycles. The summed E-state index contributed by atoms with van der Waals surface area (Å²) in [6, 6.07) is 0. The summed E-state index contributed by atoms with van der Waals surface area (Å²) in [7, 11) is 0. The van der Waals surface area contributed by atoms with E-state index in [-0.39, 0.29) is 12.1 Å². The van der Waals surface area contributed by atoms with Crippen molar-refractivity contribution in [2.24, 2.45) is 11.8 Å². The molecule has 15 heavy (non-hydrogen) atoms. The van der Waals surface area contributed by atoms with E-state index in [1.54, 1.807) is 0 Å². The van der Waals surface area contributed by atoms with Crippen LogP contribution >= 0.6 is 0 Å². The lowest BCUT2D eigenvalue weighted by Gasteiger charge is -2.32. The Morgan fingerprint density at radius 2 is 2.07 bits per heavy atom. The number of likely N-dealkylation sites (N-methyl/N-ethyl adjacent to an activating group) is 1. The van der Waals surface area contributed by atoms with Crippen molar-refractivity contribution in [2.75, 3.05) is 26.4 Å². The molecular weight excluding hydrogens is 190 g/mol. The van der Waals surface area contributed by atoms with Crippen LogP contribution in [0.4, 0.5) is 0 Å². The molecule has 2 N–H and O–H groups in total. The molecule has 3 nitrogen and oxygen atoms in total. The number of hydrogen-bond acceptors (Lipinski definition) is 3. The molecule has 1 unspecified atom stereocenters. The predicted molar refractivity (Wildman–Crippen MR) is 59.8 cm³/mol. The molecule has 0 aromatic carbocycles. The first-order valence-corrected chi connectivity index (χ1v) is 6.24. The summed E-state index contributed by atoms with van der Waals surface area (Å²) in [6.45, 7) is 4.77. The van der Waals surface area contributed by atoms with Gasteiger partial charge in [-0.2, -0.15) is 0 Å². The van der Waals surface area contributed by atoms with Crippen LogP contribution in [-0.4, -0.2) is 37.0 Å². The number of aliphatic hydroxyl groups is 1.